The van der Waals surface area contributed by atoms with Crippen LogP contribution in [0.3, 0.4) is 0 Å². The van der Waals surface area contributed by atoms with E-state index in [2.05, 4.69) is 26.0 Å². The van der Waals surface area contributed by atoms with Gasteiger partial charge in [-0.1, -0.05) is 113 Å². The van der Waals surface area contributed by atoms with E-state index in [1.54, 1.807) is 24.3 Å². The van der Waals surface area contributed by atoms with Crippen LogP contribution in [0, 0.1) is 0 Å². The van der Waals surface area contributed by atoms with Gasteiger partial charge in [0.05, 0.1) is 0 Å². The summed E-state index contributed by atoms with van der Waals surface area (Å²) in [5, 5.41) is 0. The van der Waals surface area contributed by atoms with Gasteiger partial charge in [-0.3, -0.25) is 4.79 Å². The average Bonchev–Trinajstić information content (AvgIpc) is 2.64. The highest BCUT2D eigenvalue weighted by Gasteiger charge is 1.85. The van der Waals surface area contributed by atoms with Crippen LogP contribution < -0.4 is 0 Å². The Hall–Kier alpha value is -1.89. The van der Waals surface area contributed by atoms with E-state index >= 15 is 0 Å². The van der Waals surface area contributed by atoms with Crippen LogP contribution in [0.2, 0.25) is 0 Å². The molecule has 0 saturated carbocycles. The lowest BCUT2D eigenvalue weighted by Crippen LogP contribution is -1.82. The molecule has 0 aromatic carbocycles. The van der Waals surface area contributed by atoms with Gasteiger partial charge in [0.1, 0.15) is 0 Å². The van der Waals surface area contributed by atoms with E-state index in [9.17, 15) is 4.79 Å². The minimum atomic E-state index is 0.00592. The van der Waals surface area contributed by atoms with E-state index in [-0.39, 0.29) is 5.78 Å². The summed E-state index contributed by atoms with van der Waals surface area (Å²) in [7, 11) is 0. The third kappa shape index (κ3) is 20.2. The predicted octanol–water partition coefficient (Wildman–Crippen LogP) is 7.83. The number of carbonyl (C=O) groups is 1. The Labute approximate surface area is 162 Å². The molecular formula is C25H38O. The summed E-state index contributed by atoms with van der Waals surface area (Å²) in [5.41, 5.74) is 0. The van der Waals surface area contributed by atoms with Crippen LogP contribution in [0.5, 0.6) is 0 Å². The van der Waals surface area contributed by atoms with Gasteiger partial charge in [-0.25, -0.2) is 0 Å². The van der Waals surface area contributed by atoms with Gasteiger partial charge in [0.25, 0.3) is 0 Å². The Morgan fingerprint density at radius 1 is 0.538 bits per heavy atom. The molecule has 1 nitrogen and oxygen atoms in total. The number of ketones is 1. The highest BCUT2D eigenvalue weighted by molar-refractivity contribution is 5.99. The molecule has 0 aliphatic rings. The van der Waals surface area contributed by atoms with Crippen LogP contribution in [0.4, 0.5) is 0 Å². The van der Waals surface area contributed by atoms with Gasteiger partial charge in [-0.05, 0) is 37.8 Å². The monoisotopic (exact) mass is 354 g/mol. The molecule has 0 aromatic heterocycles. The molecule has 0 bridgehead atoms. The Kier molecular flexibility index (Phi) is 19.6. The zero-order valence-electron chi connectivity index (χ0n) is 16.9. The second-order valence-electron chi connectivity index (χ2n) is 6.45. The zero-order valence-corrected chi connectivity index (χ0v) is 16.9. The molecule has 144 valence electrons. The molecule has 0 unspecified atom stereocenters. The molecule has 0 aromatic rings. The highest BCUT2D eigenvalue weighted by atomic mass is 16.1. The lowest BCUT2D eigenvalue weighted by atomic mass is 10.1. The van der Waals surface area contributed by atoms with Crippen molar-refractivity contribution in [2.24, 2.45) is 0 Å². The maximum atomic E-state index is 11.6. The zero-order chi connectivity index (χ0) is 19.1. The smallest absolute Gasteiger partial charge is 0.178 e. The Morgan fingerprint density at radius 3 is 1.38 bits per heavy atom. The second kappa shape index (κ2) is 21.2. The van der Waals surface area contributed by atoms with Gasteiger partial charge in [-0.15, -0.1) is 0 Å². The first-order chi connectivity index (χ1) is 12.8. The van der Waals surface area contributed by atoms with Gasteiger partial charge in [0.15, 0.2) is 5.78 Å². The standard InChI is InChI=1S/C25H38O/c1-3-5-7-9-11-13-15-17-19-21-23-25(26)24-22-20-18-16-14-12-10-8-6-4-2/h13-24H,3-12H2,1-2H3. The summed E-state index contributed by atoms with van der Waals surface area (Å²) in [6, 6.07) is 0. The van der Waals surface area contributed by atoms with Crippen LogP contribution >= 0.6 is 0 Å². The van der Waals surface area contributed by atoms with E-state index in [1.807, 2.05) is 36.5 Å². The summed E-state index contributed by atoms with van der Waals surface area (Å²) >= 11 is 0. The topological polar surface area (TPSA) is 17.1 Å². The number of hydrogen-bond acceptors (Lipinski definition) is 1. The molecule has 0 heterocycles. The highest BCUT2D eigenvalue weighted by Crippen LogP contribution is 2.03. The fourth-order valence-electron chi connectivity index (χ4n) is 2.34. The Bertz CT molecular complexity index is 442. The lowest BCUT2D eigenvalue weighted by Gasteiger charge is -1.92. The van der Waals surface area contributed by atoms with Crippen molar-refractivity contribution in [3.05, 3.63) is 72.9 Å². The Morgan fingerprint density at radius 2 is 0.962 bits per heavy atom. The fraction of sp³-hybridized carbons (Fsp3) is 0.480. The molecule has 0 aliphatic carbocycles. The van der Waals surface area contributed by atoms with Crippen molar-refractivity contribution in [3.63, 3.8) is 0 Å². The van der Waals surface area contributed by atoms with Crippen LogP contribution in [0.1, 0.15) is 78.1 Å². The largest absolute Gasteiger partial charge is 0.290 e. The van der Waals surface area contributed by atoms with E-state index in [1.165, 1.54) is 51.4 Å². The van der Waals surface area contributed by atoms with Crippen LogP contribution in [-0.2, 0) is 4.79 Å². The molecule has 0 rings (SSSR count). The summed E-state index contributed by atoms with van der Waals surface area (Å²) in [6.45, 7) is 4.45. The normalized spacial score (nSPS) is 13.0. The van der Waals surface area contributed by atoms with Crippen molar-refractivity contribution in [3.8, 4) is 0 Å². The van der Waals surface area contributed by atoms with E-state index < -0.39 is 0 Å². The fourth-order valence-corrected chi connectivity index (χ4v) is 2.34. The van der Waals surface area contributed by atoms with Crippen LogP contribution in [-0.4, -0.2) is 5.78 Å². The maximum Gasteiger partial charge on any atom is 0.178 e. The van der Waals surface area contributed by atoms with Crippen LogP contribution in [0.15, 0.2) is 72.9 Å². The van der Waals surface area contributed by atoms with Gasteiger partial charge < -0.3 is 0 Å². The molecule has 0 radical (unpaired) electrons. The maximum absolute atomic E-state index is 11.6. The minimum absolute atomic E-state index is 0.00592. The second-order valence-corrected chi connectivity index (χ2v) is 6.45. The lowest BCUT2D eigenvalue weighted by molar-refractivity contribution is -0.110. The third-order valence-corrected chi connectivity index (χ3v) is 3.91. The average molecular weight is 355 g/mol. The third-order valence-electron chi connectivity index (χ3n) is 3.91. The summed E-state index contributed by atoms with van der Waals surface area (Å²) in [5.74, 6) is 0.00592. The number of rotatable bonds is 16. The van der Waals surface area contributed by atoms with Crippen molar-refractivity contribution in [1.82, 2.24) is 0 Å². The molecular weight excluding hydrogens is 316 g/mol. The molecule has 1 heteroatoms. The molecule has 0 saturated heterocycles. The van der Waals surface area contributed by atoms with Crippen molar-refractivity contribution in [1.29, 1.82) is 0 Å². The van der Waals surface area contributed by atoms with Crippen molar-refractivity contribution < 1.29 is 4.79 Å². The molecule has 0 atom stereocenters. The Balaban J connectivity index is 3.78. The number of allylic oxidation sites excluding steroid dienone is 12. The predicted molar refractivity (Wildman–Crippen MR) is 117 cm³/mol. The quantitative estimate of drug-likeness (QED) is 0.157. The van der Waals surface area contributed by atoms with Crippen molar-refractivity contribution in [2.75, 3.05) is 0 Å². The van der Waals surface area contributed by atoms with Crippen LogP contribution in [0.25, 0.3) is 0 Å². The van der Waals surface area contributed by atoms with Crippen molar-refractivity contribution in [2.45, 2.75) is 78.1 Å². The summed E-state index contributed by atoms with van der Waals surface area (Å²) in [6.07, 6.45) is 35.6. The first kappa shape index (κ1) is 24.1. The van der Waals surface area contributed by atoms with Gasteiger partial charge in [0.2, 0.25) is 0 Å². The molecule has 26 heavy (non-hydrogen) atoms. The first-order valence-corrected chi connectivity index (χ1v) is 10.3. The van der Waals surface area contributed by atoms with Gasteiger partial charge in [-0.2, -0.15) is 0 Å². The molecule has 0 N–H and O–H groups in total. The molecule has 0 spiro atoms. The van der Waals surface area contributed by atoms with E-state index in [4.69, 9.17) is 0 Å². The SMILES string of the molecule is CCCCCCC=CC=CC=CC(=O)C=CC=CC=CCCCCCC. The van der Waals surface area contributed by atoms with E-state index in [0.717, 1.165) is 12.8 Å². The van der Waals surface area contributed by atoms with Gasteiger partial charge >= 0.3 is 0 Å². The summed E-state index contributed by atoms with van der Waals surface area (Å²) < 4.78 is 0. The number of unbranched alkanes of at least 4 members (excludes halogenated alkanes) is 8. The van der Waals surface area contributed by atoms with Gasteiger partial charge in [0, 0.05) is 0 Å². The molecule has 0 amide bonds. The van der Waals surface area contributed by atoms with Crippen molar-refractivity contribution >= 4 is 5.78 Å². The molecule has 0 fully saturated rings. The summed E-state index contributed by atoms with van der Waals surface area (Å²) in [4.78, 5) is 11.6. The van der Waals surface area contributed by atoms with E-state index in [0.29, 0.717) is 0 Å². The minimum Gasteiger partial charge on any atom is -0.290 e. The number of hydrogen-bond donors (Lipinski definition) is 0. The number of carbonyl (C=O) groups excluding carboxylic acids is 1. The molecule has 0 aliphatic heterocycles. The first-order valence-electron chi connectivity index (χ1n) is 10.3.